The molecule has 20 heavy (non-hydrogen) atoms. The van der Waals surface area contributed by atoms with Crippen LogP contribution in [0.4, 0.5) is 0 Å². The Bertz CT molecular complexity index is 533. The number of aryl methyl sites for hydroxylation is 1. The van der Waals surface area contributed by atoms with Crippen molar-refractivity contribution in [2.24, 2.45) is 0 Å². The summed E-state index contributed by atoms with van der Waals surface area (Å²) >= 11 is 0. The van der Waals surface area contributed by atoms with Gasteiger partial charge in [0.15, 0.2) is 0 Å². The average molecular weight is 275 g/mol. The monoisotopic (exact) mass is 275 g/mol. The topological polar surface area (TPSA) is 34.4 Å². The molecule has 0 spiro atoms. The van der Waals surface area contributed by atoms with E-state index in [1.165, 1.54) is 10.9 Å². The van der Waals surface area contributed by atoms with E-state index in [1.807, 2.05) is 12.1 Å². The van der Waals surface area contributed by atoms with E-state index in [-0.39, 0.29) is 6.04 Å². The minimum absolute atomic E-state index is 0.230. The summed E-state index contributed by atoms with van der Waals surface area (Å²) in [4.78, 5) is 0. The van der Waals surface area contributed by atoms with Gasteiger partial charge in [-0.25, -0.2) is 0 Å². The van der Waals surface area contributed by atoms with Crippen molar-refractivity contribution in [3.8, 4) is 0 Å². The van der Waals surface area contributed by atoms with Crippen LogP contribution in [-0.2, 0) is 4.74 Å². The number of ether oxygens (including phenoxy) is 1. The van der Waals surface area contributed by atoms with Gasteiger partial charge in [0.25, 0.3) is 0 Å². The molecule has 110 valence electrons. The van der Waals surface area contributed by atoms with Crippen molar-refractivity contribution in [1.29, 1.82) is 0 Å². The number of nitrogens with one attached hydrogen (secondary N) is 1. The third kappa shape index (κ3) is 3.62. The molecule has 1 unspecified atom stereocenters. The summed E-state index contributed by atoms with van der Waals surface area (Å²) in [6, 6.07) is 8.43. The van der Waals surface area contributed by atoms with Gasteiger partial charge in [-0.05, 0) is 44.9 Å². The van der Waals surface area contributed by atoms with Gasteiger partial charge in [-0.1, -0.05) is 25.1 Å². The number of benzene rings is 1. The SMILES string of the molecule is CCCOCCCNC(C)c1oc2ccccc2c1C. The van der Waals surface area contributed by atoms with Crippen molar-refractivity contribution in [1.82, 2.24) is 5.32 Å². The molecule has 1 aromatic heterocycles. The Morgan fingerprint density at radius 2 is 2.05 bits per heavy atom. The lowest BCUT2D eigenvalue weighted by atomic mass is 10.1. The average Bonchev–Trinajstić information content (AvgIpc) is 2.80. The fourth-order valence-corrected chi connectivity index (χ4v) is 2.44. The second-order valence-electron chi connectivity index (χ2n) is 5.23. The van der Waals surface area contributed by atoms with Crippen molar-refractivity contribution in [2.45, 2.75) is 39.7 Å². The molecule has 1 atom stereocenters. The van der Waals surface area contributed by atoms with Gasteiger partial charge in [-0.15, -0.1) is 0 Å². The zero-order chi connectivity index (χ0) is 14.4. The molecule has 1 aromatic carbocycles. The van der Waals surface area contributed by atoms with E-state index >= 15 is 0 Å². The molecule has 0 saturated heterocycles. The van der Waals surface area contributed by atoms with Gasteiger partial charge in [0, 0.05) is 18.6 Å². The zero-order valence-corrected chi connectivity index (χ0v) is 12.7. The second-order valence-corrected chi connectivity index (χ2v) is 5.23. The van der Waals surface area contributed by atoms with E-state index in [0.29, 0.717) is 0 Å². The summed E-state index contributed by atoms with van der Waals surface area (Å²) in [5.41, 5.74) is 2.21. The van der Waals surface area contributed by atoms with E-state index in [0.717, 1.165) is 43.9 Å². The van der Waals surface area contributed by atoms with Crippen molar-refractivity contribution < 1.29 is 9.15 Å². The summed E-state index contributed by atoms with van der Waals surface area (Å²) in [5, 5.41) is 4.71. The molecule has 0 aliphatic carbocycles. The predicted octanol–water partition coefficient (Wildman–Crippen LogP) is 4.21. The largest absolute Gasteiger partial charge is 0.459 e. The van der Waals surface area contributed by atoms with Crippen LogP contribution < -0.4 is 5.32 Å². The Labute approximate surface area is 121 Å². The summed E-state index contributed by atoms with van der Waals surface area (Å²) in [6.07, 6.45) is 2.12. The van der Waals surface area contributed by atoms with Crippen LogP contribution in [0.1, 0.15) is 44.1 Å². The molecule has 3 heteroatoms. The number of hydrogen-bond acceptors (Lipinski definition) is 3. The molecule has 2 rings (SSSR count). The van der Waals surface area contributed by atoms with Crippen LogP contribution in [0, 0.1) is 6.92 Å². The van der Waals surface area contributed by atoms with E-state index in [2.05, 4.69) is 38.2 Å². The Morgan fingerprint density at radius 3 is 2.80 bits per heavy atom. The van der Waals surface area contributed by atoms with Crippen LogP contribution in [0.25, 0.3) is 11.0 Å². The molecular weight excluding hydrogens is 250 g/mol. The number of furan rings is 1. The van der Waals surface area contributed by atoms with Crippen LogP contribution >= 0.6 is 0 Å². The summed E-state index contributed by atoms with van der Waals surface area (Å²) in [7, 11) is 0. The molecule has 0 saturated carbocycles. The normalized spacial score (nSPS) is 12.9. The van der Waals surface area contributed by atoms with E-state index in [4.69, 9.17) is 9.15 Å². The van der Waals surface area contributed by atoms with Gasteiger partial charge >= 0.3 is 0 Å². The van der Waals surface area contributed by atoms with Gasteiger partial charge < -0.3 is 14.5 Å². The number of para-hydroxylation sites is 1. The number of fused-ring (bicyclic) bond motifs is 1. The number of hydrogen-bond donors (Lipinski definition) is 1. The molecule has 0 aliphatic heterocycles. The van der Waals surface area contributed by atoms with Crippen molar-refractivity contribution in [3.63, 3.8) is 0 Å². The van der Waals surface area contributed by atoms with Crippen molar-refractivity contribution in [3.05, 3.63) is 35.6 Å². The van der Waals surface area contributed by atoms with Crippen LogP contribution in [0.3, 0.4) is 0 Å². The quantitative estimate of drug-likeness (QED) is 0.733. The maximum Gasteiger partial charge on any atom is 0.134 e. The molecule has 2 aromatic rings. The van der Waals surface area contributed by atoms with E-state index < -0.39 is 0 Å². The molecular formula is C17H25NO2. The molecule has 1 heterocycles. The molecule has 0 aliphatic rings. The highest BCUT2D eigenvalue weighted by molar-refractivity contribution is 5.82. The van der Waals surface area contributed by atoms with Gasteiger partial charge in [0.2, 0.25) is 0 Å². The van der Waals surface area contributed by atoms with Crippen LogP contribution in [-0.4, -0.2) is 19.8 Å². The summed E-state index contributed by atoms with van der Waals surface area (Å²) in [5.74, 6) is 1.04. The van der Waals surface area contributed by atoms with Gasteiger partial charge in [-0.2, -0.15) is 0 Å². The fraction of sp³-hybridized carbons (Fsp3) is 0.529. The predicted molar refractivity (Wildman–Crippen MR) is 83.1 cm³/mol. The van der Waals surface area contributed by atoms with Crippen LogP contribution in [0.5, 0.6) is 0 Å². The van der Waals surface area contributed by atoms with Crippen molar-refractivity contribution >= 4 is 11.0 Å². The Hall–Kier alpha value is -1.32. The Morgan fingerprint density at radius 1 is 1.25 bits per heavy atom. The first-order valence-corrected chi connectivity index (χ1v) is 7.53. The zero-order valence-electron chi connectivity index (χ0n) is 12.7. The van der Waals surface area contributed by atoms with Gasteiger partial charge in [-0.3, -0.25) is 0 Å². The number of rotatable bonds is 8. The maximum absolute atomic E-state index is 5.96. The highest BCUT2D eigenvalue weighted by Gasteiger charge is 2.15. The van der Waals surface area contributed by atoms with E-state index in [1.54, 1.807) is 0 Å². The van der Waals surface area contributed by atoms with Crippen LogP contribution in [0.2, 0.25) is 0 Å². The molecule has 0 bridgehead atoms. The fourth-order valence-electron chi connectivity index (χ4n) is 2.44. The molecule has 0 amide bonds. The van der Waals surface area contributed by atoms with Crippen molar-refractivity contribution in [2.75, 3.05) is 19.8 Å². The highest BCUT2D eigenvalue weighted by atomic mass is 16.5. The van der Waals surface area contributed by atoms with Gasteiger partial charge in [0.1, 0.15) is 11.3 Å². The van der Waals surface area contributed by atoms with Gasteiger partial charge in [0.05, 0.1) is 6.04 Å². The minimum Gasteiger partial charge on any atom is -0.459 e. The van der Waals surface area contributed by atoms with E-state index in [9.17, 15) is 0 Å². The molecule has 0 radical (unpaired) electrons. The highest BCUT2D eigenvalue weighted by Crippen LogP contribution is 2.28. The first-order chi connectivity index (χ1) is 9.74. The third-order valence-corrected chi connectivity index (χ3v) is 3.54. The molecule has 0 fully saturated rings. The lowest BCUT2D eigenvalue weighted by Gasteiger charge is -2.12. The Balaban J connectivity index is 1.88. The first-order valence-electron chi connectivity index (χ1n) is 7.53. The minimum atomic E-state index is 0.230. The molecule has 3 nitrogen and oxygen atoms in total. The first kappa shape index (κ1) is 15.1. The standard InChI is InChI=1S/C17H25NO2/c1-4-11-19-12-7-10-18-14(3)17-13(2)15-8-5-6-9-16(15)20-17/h5-6,8-9,14,18H,4,7,10-12H2,1-3H3. The Kier molecular flexibility index (Phi) is 5.62. The smallest absolute Gasteiger partial charge is 0.134 e. The van der Waals surface area contributed by atoms with Crippen LogP contribution in [0.15, 0.2) is 28.7 Å². The molecule has 1 N–H and O–H groups in total. The summed E-state index contributed by atoms with van der Waals surface area (Å²) in [6.45, 7) is 9.04. The maximum atomic E-state index is 5.96. The lowest BCUT2D eigenvalue weighted by molar-refractivity contribution is 0.131. The lowest BCUT2D eigenvalue weighted by Crippen LogP contribution is -2.21. The summed E-state index contributed by atoms with van der Waals surface area (Å²) < 4.78 is 11.4. The third-order valence-electron chi connectivity index (χ3n) is 3.54. The second kappa shape index (κ2) is 7.46.